The second-order valence-corrected chi connectivity index (χ2v) is 6.35. The van der Waals surface area contributed by atoms with Crippen molar-refractivity contribution in [2.24, 2.45) is 0 Å². The van der Waals surface area contributed by atoms with Crippen LogP contribution in [0.1, 0.15) is 37.4 Å². The van der Waals surface area contributed by atoms with E-state index in [1.54, 1.807) is 24.3 Å². The Balaban J connectivity index is 1.99. The van der Waals surface area contributed by atoms with E-state index in [2.05, 4.69) is 9.47 Å². The van der Waals surface area contributed by atoms with E-state index >= 15 is 0 Å². The van der Waals surface area contributed by atoms with Gasteiger partial charge in [-0.05, 0) is 35.0 Å². The first-order chi connectivity index (χ1) is 13.7. The first-order valence-electron chi connectivity index (χ1n) is 8.34. The Kier molecular flexibility index (Phi) is 4.15. The molecule has 146 valence electrons. The normalized spacial score (nSPS) is 13.1. The molecule has 8 heteroatoms. The molecule has 3 aromatic carbocycles. The molecule has 1 aliphatic rings. The first kappa shape index (κ1) is 18.7. The van der Waals surface area contributed by atoms with Gasteiger partial charge >= 0.3 is 12.3 Å². The molecule has 29 heavy (non-hydrogen) atoms. The zero-order valence-corrected chi connectivity index (χ0v) is 14.8. The molecule has 0 fully saturated rings. The average Bonchev–Trinajstić information content (AvgIpc) is 2.69. The standard InChI is InChI=1S/C21H11F3O5/c1-28-20(27)29-12-8-15-17(16(9-12)21(22,23)24)19(26)14-7-11-5-3-2-4-10(11)6-13(14)18(15)25/h2-9H,1H3. The average molecular weight is 400 g/mol. The fourth-order valence-corrected chi connectivity index (χ4v) is 3.36. The van der Waals surface area contributed by atoms with Gasteiger partial charge in [-0.25, -0.2) is 4.79 Å². The Morgan fingerprint density at radius 1 is 0.862 bits per heavy atom. The number of fused-ring (bicyclic) bond motifs is 3. The highest BCUT2D eigenvalue weighted by molar-refractivity contribution is 6.30. The summed E-state index contributed by atoms with van der Waals surface area (Å²) in [7, 11) is 0.988. The van der Waals surface area contributed by atoms with Gasteiger partial charge < -0.3 is 9.47 Å². The number of ketones is 2. The number of rotatable bonds is 1. The van der Waals surface area contributed by atoms with E-state index in [1.165, 1.54) is 12.1 Å². The van der Waals surface area contributed by atoms with Crippen molar-refractivity contribution in [3.05, 3.63) is 76.3 Å². The Hall–Kier alpha value is -3.68. The van der Waals surface area contributed by atoms with Crippen molar-refractivity contribution >= 4 is 28.5 Å². The number of benzene rings is 3. The topological polar surface area (TPSA) is 69.7 Å². The molecule has 4 rings (SSSR count). The van der Waals surface area contributed by atoms with Gasteiger partial charge in [0.15, 0.2) is 11.6 Å². The van der Waals surface area contributed by atoms with Crippen molar-refractivity contribution in [1.29, 1.82) is 0 Å². The van der Waals surface area contributed by atoms with E-state index in [9.17, 15) is 27.6 Å². The molecule has 0 bridgehead atoms. The van der Waals surface area contributed by atoms with Gasteiger partial charge in [0.1, 0.15) is 5.75 Å². The van der Waals surface area contributed by atoms with Crippen molar-refractivity contribution in [2.75, 3.05) is 7.11 Å². The van der Waals surface area contributed by atoms with Crippen LogP contribution in [0.4, 0.5) is 18.0 Å². The van der Waals surface area contributed by atoms with Crippen LogP contribution in [-0.2, 0) is 10.9 Å². The third-order valence-corrected chi connectivity index (χ3v) is 4.63. The summed E-state index contributed by atoms with van der Waals surface area (Å²) in [4.78, 5) is 37.3. The van der Waals surface area contributed by atoms with Crippen molar-refractivity contribution in [1.82, 2.24) is 0 Å². The van der Waals surface area contributed by atoms with Gasteiger partial charge in [-0.1, -0.05) is 24.3 Å². The highest BCUT2D eigenvalue weighted by Crippen LogP contribution is 2.41. The van der Waals surface area contributed by atoms with Gasteiger partial charge in [-0.2, -0.15) is 13.2 Å². The van der Waals surface area contributed by atoms with Gasteiger partial charge in [0.25, 0.3) is 0 Å². The van der Waals surface area contributed by atoms with Crippen molar-refractivity contribution in [3.8, 4) is 5.75 Å². The molecule has 0 N–H and O–H groups in total. The second kappa shape index (κ2) is 6.44. The number of ether oxygens (including phenoxy) is 2. The number of carbonyl (C=O) groups excluding carboxylic acids is 3. The summed E-state index contributed by atoms with van der Waals surface area (Å²) < 4.78 is 50.0. The summed E-state index contributed by atoms with van der Waals surface area (Å²) in [5.41, 5.74) is -2.71. The smallest absolute Gasteiger partial charge is 0.437 e. The van der Waals surface area contributed by atoms with Crippen molar-refractivity contribution in [3.63, 3.8) is 0 Å². The lowest BCUT2D eigenvalue weighted by molar-refractivity contribution is -0.138. The first-order valence-corrected chi connectivity index (χ1v) is 8.34. The van der Waals surface area contributed by atoms with Crippen LogP contribution < -0.4 is 4.74 Å². The summed E-state index contributed by atoms with van der Waals surface area (Å²) in [6.07, 6.45) is -6.21. The van der Waals surface area contributed by atoms with Crippen LogP contribution >= 0.6 is 0 Å². The minimum absolute atomic E-state index is 0.00968. The third kappa shape index (κ3) is 3.02. The lowest BCUT2D eigenvalue weighted by Gasteiger charge is -2.22. The quantitative estimate of drug-likeness (QED) is 0.340. The largest absolute Gasteiger partial charge is 0.513 e. The van der Waals surface area contributed by atoms with E-state index in [-0.39, 0.29) is 11.1 Å². The Bertz CT molecular complexity index is 1210. The summed E-state index contributed by atoms with van der Waals surface area (Å²) in [6.45, 7) is 0. The molecular weight excluding hydrogens is 389 g/mol. The summed E-state index contributed by atoms with van der Waals surface area (Å²) in [6, 6.07) is 11.2. The van der Waals surface area contributed by atoms with Crippen LogP contribution in [0.25, 0.3) is 10.8 Å². The van der Waals surface area contributed by atoms with Gasteiger partial charge in [-0.3, -0.25) is 9.59 Å². The molecular formula is C21H11F3O5. The Morgan fingerprint density at radius 2 is 1.45 bits per heavy atom. The van der Waals surface area contributed by atoms with Crippen molar-refractivity contribution < 1.29 is 37.0 Å². The molecule has 0 unspecified atom stereocenters. The van der Waals surface area contributed by atoms with Crippen LogP contribution in [0.15, 0.2) is 48.5 Å². The number of methoxy groups -OCH3 is 1. The number of carbonyl (C=O) groups is 3. The lowest BCUT2D eigenvalue weighted by atomic mass is 9.80. The predicted octanol–water partition coefficient (Wildman–Crippen LogP) is 4.78. The lowest BCUT2D eigenvalue weighted by Crippen LogP contribution is -2.25. The number of alkyl halides is 3. The highest BCUT2D eigenvalue weighted by Gasteiger charge is 2.42. The molecule has 0 amide bonds. The maximum atomic E-state index is 13.7. The molecule has 0 radical (unpaired) electrons. The molecule has 0 heterocycles. The molecule has 0 atom stereocenters. The van der Waals surface area contributed by atoms with Gasteiger partial charge in [-0.15, -0.1) is 0 Å². The van der Waals surface area contributed by atoms with E-state index in [0.717, 1.165) is 13.2 Å². The van der Waals surface area contributed by atoms with Crippen LogP contribution in [0, 0.1) is 0 Å². The van der Waals surface area contributed by atoms with Gasteiger partial charge in [0.05, 0.1) is 12.7 Å². The zero-order valence-electron chi connectivity index (χ0n) is 14.8. The van der Waals surface area contributed by atoms with Crippen molar-refractivity contribution in [2.45, 2.75) is 6.18 Å². The van der Waals surface area contributed by atoms with E-state index in [0.29, 0.717) is 16.8 Å². The van der Waals surface area contributed by atoms with E-state index in [4.69, 9.17) is 0 Å². The monoisotopic (exact) mass is 400 g/mol. The van der Waals surface area contributed by atoms with Crippen LogP contribution in [0.2, 0.25) is 0 Å². The second-order valence-electron chi connectivity index (χ2n) is 6.35. The maximum absolute atomic E-state index is 13.7. The molecule has 0 aromatic heterocycles. The molecule has 0 spiro atoms. The number of hydrogen-bond donors (Lipinski definition) is 0. The Labute approximate surface area is 161 Å². The van der Waals surface area contributed by atoms with E-state index in [1.807, 2.05) is 0 Å². The summed E-state index contributed by atoms with van der Waals surface area (Å²) >= 11 is 0. The zero-order chi connectivity index (χ0) is 20.9. The minimum Gasteiger partial charge on any atom is -0.437 e. The predicted molar refractivity (Wildman–Crippen MR) is 95.3 cm³/mol. The van der Waals surface area contributed by atoms with Crippen LogP contribution in [-0.4, -0.2) is 24.8 Å². The molecule has 0 aliphatic heterocycles. The molecule has 1 aliphatic carbocycles. The fraction of sp³-hybridized carbons (Fsp3) is 0.0952. The van der Waals surface area contributed by atoms with Crippen LogP contribution in [0.3, 0.4) is 0 Å². The Morgan fingerprint density at radius 3 is 2.00 bits per heavy atom. The summed E-state index contributed by atoms with van der Waals surface area (Å²) in [5.74, 6) is -2.23. The number of hydrogen-bond acceptors (Lipinski definition) is 5. The fourth-order valence-electron chi connectivity index (χ4n) is 3.36. The summed E-state index contributed by atoms with van der Waals surface area (Å²) in [5, 5.41) is 1.28. The molecule has 0 saturated heterocycles. The molecule has 0 saturated carbocycles. The van der Waals surface area contributed by atoms with E-state index < -0.39 is 46.3 Å². The van der Waals surface area contributed by atoms with Crippen LogP contribution in [0.5, 0.6) is 5.75 Å². The van der Waals surface area contributed by atoms with Gasteiger partial charge in [0.2, 0.25) is 0 Å². The molecule has 5 nitrogen and oxygen atoms in total. The van der Waals surface area contributed by atoms with Gasteiger partial charge in [0, 0.05) is 22.3 Å². The highest BCUT2D eigenvalue weighted by atomic mass is 19.4. The third-order valence-electron chi connectivity index (χ3n) is 4.63. The maximum Gasteiger partial charge on any atom is 0.513 e. The minimum atomic E-state index is -4.95. The SMILES string of the molecule is COC(=O)Oc1cc2c(c(C(F)(F)F)c1)C(=O)c1cc3ccccc3cc1C2=O. The number of halogens is 3. The molecule has 3 aromatic rings.